The van der Waals surface area contributed by atoms with Crippen LogP contribution in [0.25, 0.3) is 0 Å². The molecule has 1 saturated heterocycles. The maximum Gasteiger partial charge on any atom is 0.256 e. The van der Waals surface area contributed by atoms with Crippen LogP contribution in [0.5, 0.6) is 17.2 Å². The Labute approximate surface area is 209 Å². The van der Waals surface area contributed by atoms with Crippen molar-refractivity contribution in [3.8, 4) is 17.2 Å². The summed E-state index contributed by atoms with van der Waals surface area (Å²) in [5.41, 5.74) is 3.55. The van der Waals surface area contributed by atoms with Crippen LogP contribution >= 0.6 is 0 Å². The van der Waals surface area contributed by atoms with Crippen LogP contribution in [0.15, 0.2) is 60.9 Å². The van der Waals surface area contributed by atoms with E-state index in [1.807, 2.05) is 46.2 Å². The molecule has 0 bridgehead atoms. The van der Waals surface area contributed by atoms with Gasteiger partial charge in [0.1, 0.15) is 0 Å². The summed E-state index contributed by atoms with van der Waals surface area (Å²) in [5, 5.41) is 0. The van der Waals surface area contributed by atoms with Crippen molar-refractivity contribution in [1.82, 2.24) is 14.8 Å². The van der Waals surface area contributed by atoms with E-state index in [9.17, 15) is 9.59 Å². The molecule has 0 unspecified atom stereocenters. The Bertz CT molecular complexity index is 1330. The van der Waals surface area contributed by atoms with Gasteiger partial charge in [-0.3, -0.25) is 14.6 Å². The third-order valence-corrected chi connectivity index (χ3v) is 7.46. The highest BCUT2D eigenvalue weighted by Gasteiger charge is 2.47. The largest absolute Gasteiger partial charge is 0.493 e. The Kier molecular flexibility index (Phi) is 5.51. The molecule has 3 aromatic rings. The van der Waals surface area contributed by atoms with Gasteiger partial charge in [0.15, 0.2) is 11.5 Å². The van der Waals surface area contributed by atoms with E-state index in [2.05, 4.69) is 17.1 Å². The second-order valence-corrected chi connectivity index (χ2v) is 9.44. The van der Waals surface area contributed by atoms with Crippen LogP contribution in [0.2, 0.25) is 0 Å². The van der Waals surface area contributed by atoms with Gasteiger partial charge in [-0.05, 0) is 41.3 Å². The molecule has 1 fully saturated rings. The Balaban J connectivity index is 1.44. The van der Waals surface area contributed by atoms with Crippen LogP contribution in [-0.2, 0) is 11.2 Å². The molecular weight excluding hydrogens is 458 g/mol. The number of aromatic nitrogens is 1. The zero-order chi connectivity index (χ0) is 24.8. The van der Waals surface area contributed by atoms with Gasteiger partial charge in [-0.1, -0.05) is 30.3 Å². The number of rotatable bonds is 4. The molecule has 8 nitrogen and oxygen atoms in total. The summed E-state index contributed by atoms with van der Waals surface area (Å²) in [5.74, 6) is 1.55. The first-order chi connectivity index (χ1) is 17.5. The molecule has 184 valence electrons. The van der Waals surface area contributed by atoms with Gasteiger partial charge in [0.2, 0.25) is 18.4 Å². The first-order valence-corrected chi connectivity index (χ1v) is 12.1. The van der Waals surface area contributed by atoms with Crippen LogP contribution in [0.3, 0.4) is 0 Å². The molecule has 3 atom stereocenters. The molecule has 4 heterocycles. The van der Waals surface area contributed by atoms with Crippen LogP contribution in [0, 0.1) is 0 Å². The van der Waals surface area contributed by atoms with Crippen molar-refractivity contribution < 1.29 is 23.8 Å². The van der Waals surface area contributed by atoms with Gasteiger partial charge in [0.05, 0.1) is 24.8 Å². The van der Waals surface area contributed by atoms with Gasteiger partial charge < -0.3 is 24.0 Å². The monoisotopic (exact) mass is 485 g/mol. The lowest BCUT2D eigenvalue weighted by Gasteiger charge is -2.51. The van der Waals surface area contributed by atoms with Gasteiger partial charge in [-0.15, -0.1) is 0 Å². The number of ether oxygens (including phenoxy) is 3. The molecule has 0 N–H and O–H groups in total. The summed E-state index contributed by atoms with van der Waals surface area (Å²) in [4.78, 5) is 34.7. The van der Waals surface area contributed by atoms with Crippen molar-refractivity contribution in [1.29, 1.82) is 0 Å². The van der Waals surface area contributed by atoms with Crippen LogP contribution in [0.4, 0.5) is 0 Å². The minimum Gasteiger partial charge on any atom is -0.493 e. The maximum absolute atomic E-state index is 13.7. The van der Waals surface area contributed by atoms with Crippen molar-refractivity contribution in [2.24, 2.45) is 0 Å². The number of piperazine rings is 1. The third-order valence-electron chi connectivity index (χ3n) is 7.46. The van der Waals surface area contributed by atoms with Crippen LogP contribution < -0.4 is 14.2 Å². The standard InChI is InChI=1S/C28H27N3O5/c1-17(32)30-15-23-26(19-11-24(34-2)27-25(12-19)35-16-36-27)21-8-9-29-13-22(21)28(33)31(23)14-20(30)10-18-6-4-3-5-7-18/h3-9,11-13,20,23,26H,10,14-16H2,1-2H3/t20-,23+,26-/m0/s1. The minimum absolute atomic E-state index is 0.00516. The van der Waals surface area contributed by atoms with Gasteiger partial charge in [0, 0.05) is 38.3 Å². The van der Waals surface area contributed by atoms with E-state index in [0.717, 1.165) is 16.7 Å². The molecule has 8 heteroatoms. The third kappa shape index (κ3) is 3.64. The van der Waals surface area contributed by atoms with E-state index in [1.165, 1.54) is 0 Å². The molecule has 6 rings (SSSR count). The van der Waals surface area contributed by atoms with Crippen molar-refractivity contribution in [3.05, 3.63) is 83.2 Å². The lowest BCUT2D eigenvalue weighted by Crippen LogP contribution is -2.64. The molecule has 3 aliphatic heterocycles. The Hall–Kier alpha value is -4.07. The molecule has 36 heavy (non-hydrogen) atoms. The molecule has 0 aliphatic carbocycles. The van der Waals surface area contributed by atoms with Crippen molar-refractivity contribution in [3.63, 3.8) is 0 Å². The Morgan fingerprint density at radius 1 is 1.14 bits per heavy atom. The summed E-state index contributed by atoms with van der Waals surface area (Å²) < 4.78 is 16.9. The number of amides is 2. The zero-order valence-electron chi connectivity index (χ0n) is 20.2. The normalized spacial score (nSPS) is 22.2. The van der Waals surface area contributed by atoms with Crippen molar-refractivity contribution >= 4 is 11.8 Å². The lowest BCUT2D eigenvalue weighted by molar-refractivity contribution is -0.135. The zero-order valence-corrected chi connectivity index (χ0v) is 20.2. The number of hydrogen-bond donors (Lipinski definition) is 0. The highest BCUT2D eigenvalue weighted by Crippen LogP contribution is 2.47. The van der Waals surface area contributed by atoms with E-state index in [-0.39, 0.29) is 36.6 Å². The highest BCUT2D eigenvalue weighted by atomic mass is 16.7. The summed E-state index contributed by atoms with van der Waals surface area (Å²) in [6, 6.07) is 15.5. The van der Waals surface area contributed by atoms with Gasteiger partial charge in [0.25, 0.3) is 5.91 Å². The smallest absolute Gasteiger partial charge is 0.256 e. The topological polar surface area (TPSA) is 81.2 Å². The van der Waals surface area contributed by atoms with E-state index < -0.39 is 0 Å². The summed E-state index contributed by atoms with van der Waals surface area (Å²) in [6.45, 7) is 2.62. The number of hydrogen-bond acceptors (Lipinski definition) is 6. The second-order valence-electron chi connectivity index (χ2n) is 9.44. The average Bonchev–Trinajstić information content (AvgIpc) is 3.38. The quantitative estimate of drug-likeness (QED) is 0.565. The second kappa shape index (κ2) is 8.86. The number of carbonyl (C=O) groups excluding carboxylic acids is 2. The van der Waals surface area contributed by atoms with E-state index >= 15 is 0 Å². The van der Waals surface area contributed by atoms with Gasteiger partial charge in [-0.25, -0.2) is 0 Å². The first kappa shape index (κ1) is 22.4. The summed E-state index contributed by atoms with van der Waals surface area (Å²) in [7, 11) is 1.60. The molecule has 2 aromatic carbocycles. The molecule has 3 aliphatic rings. The predicted octanol–water partition coefficient (Wildman–Crippen LogP) is 3.25. The number of nitrogens with zero attached hydrogens (tertiary/aromatic N) is 3. The maximum atomic E-state index is 13.7. The SMILES string of the molecule is COc1cc([C@H]2c3ccncc3C(=O)N3C[C@H](Cc4ccccc4)N(C(C)=O)C[C@H]23)cc2c1OCO2. The van der Waals surface area contributed by atoms with E-state index in [4.69, 9.17) is 14.2 Å². The number of pyridine rings is 1. The van der Waals surface area contributed by atoms with E-state index in [0.29, 0.717) is 42.3 Å². The summed E-state index contributed by atoms with van der Waals surface area (Å²) >= 11 is 0. The number of benzene rings is 2. The van der Waals surface area contributed by atoms with Gasteiger partial charge >= 0.3 is 0 Å². The number of fused-ring (bicyclic) bond motifs is 3. The molecule has 0 saturated carbocycles. The average molecular weight is 486 g/mol. The number of methoxy groups -OCH3 is 1. The van der Waals surface area contributed by atoms with Crippen molar-refractivity contribution in [2.45, 2.75) is 31.3 Å². The van der Waals surface area contributed by atoms with E-state index in [1.54, 1.807) is 26.4 Å². The molecule has 0 radical (unpaired) electrons. The number of carbonyl (C=O) groups is 2. The fourth-order valence-electron chi connectivity index (χ4n) is 5.82. The van der Waals surface area contributed by atoms with Crippen LogP contribution in [-0.4, -0.2) is 65.7 Å². The van der Waals surface area contributed by atoms with Crippen LogP contribution in [0.1, 0.15) is 39.9 Å². The molecule has 0 spiro atoms. The first-order valence-electron chi connectivity index (χ1n) is 12.1. The fourth-order valence-corrected chi connectivity index (χ4v) is 5.82. The lowest BCUT2D eigenvalue weighted by atomic mass is 9.77. The summed E-state index contributed by atoms with van der Waals surface area (Å²) in [6.07, 6.45) is 4.04. The predicted molar refractivity (Wildman–Crippen MR) is 131 cm³/mol. The molecule has 1 aromatic heterocycles. The molecule has 2 amide bonds. The molecular formula is C28H27N3O5. The minimum atomic E-state index is -0.242. The Morgan fingerprint density at radius 2 is 1.97 bits per heavy atom. The highest BCUT2D eigenvalue weighted by molar-refractivity contribution is 5.98. The fraction of sp³-hybridized carbons (Fsp3) is 0.321. The Morgan fingerprint density at radius 3 is 2.75 bits per heavy atom. The van der Waals surface area contributed by atoms with Gasteiger partial charge in [-0.2, -0.15) is 0 Å². The van der Waals surface area contributed by atoms with Crippen molar-refractivity contribution in [2.75, 3.05) is 27.0 Å².